The van der Waals surface area contributed by atoms with E-state index in [2.05, 4.69) is 5.32 Å². The van der Waals surface area contributed by atoms with Gasteiger partial charge in [0, 0.05) is 18.7 Å². The lowest BCUT2D eigenvalue weighted by Crippen LogP contribution is -2.36. The first-order valence-electron chi connectivity index (χ1n) is 6.54. The van der Waals surface area contributed by atoms with Gasteiger partial charge in [0.1, 0.15) is 5.60 Å². The molecule has 0 saturated carbocycles. The van der Waals surface area contributed by atoms with Crippen molar-refractivity contribution in [1.82, 2.24) is 5.32 Å². The maximum atomic E-state index is 11.5. The lowest BCUT2D eigenvalue weighted by Gasteiger charge is -2.21. The van der Waals surface area contributed by atoms with Gasteiger partial charge in [-0.05, 0) is 26.3 Å². The fraction of sp³-hybridized carbons (Fsp3) is 0.429. The first-order chi connectivity index (χ1) is 10.1. The van der Waals surface area contributed by atoms with Gasteiger partial charge >= 0.3 is 12.1 Å². The molecule has 22 heavy (non-hydrogen) atoms. The van der Waals surface area contributed by atoms with Gasteiger partial charge in [-0.3, -0.25) is 14.9 Å². The summed E-state index contributed by atoms with van der Waals surface area (Å²) < 4.78 is 5.02. The summed E-state index contributed by atoms with van der Waals surface area (Å²) in [6.07, 6.45) is -0.722. The molecule has 0 heterocycles. The molecule has 0 bridgehead atoms. The molecule has 0 saturated heterocycles. The van der Waals surface area contributed by atoms with Crippen molar-refractivity contribution in [2.45, 2.75) is 32.3 Å². The third-order valence-electron chi connectivity index (χ3n) is 2.65. The van der Waals surface area contributed by atoms with E-state index in [4.69, 9.17) is 4.74 Å². The fourth-order valence-corrected chi connectivity index (χ4v) is 1.68. The lowest BCUT2D eigenvalue weighted by atomic mass is 9.99. The number of carboxylic acids is 1. The molecule has 0 aliphatic heterocycles. The maximum absolute atomic E-state index is 11.5. The van der Waals surface area contributed by atoms with E-state index in [0.29, 0.717) is 5.56 Å². The van der Waals surface area contributed by atoms with Gasteiger partial charge in [-0.2, -0.15) is 0 Å². The zero-order chi connectivity index (χ0) is 16.9. The van der Waals surface area contributed by atoms with Crippen LogP contribution < -0.4 is 5.32 Å². The Morgan fingerprint density at radius 1 is 1.32 bits per heavy atom. The van der Waals surface area contributed by atoms with Gasteiger partial charge in [0.05, 0.1) is 10.8 Å². The molecule has 0 radical (unpaired) electrons. The highest BCUT2D eigenvalue weighted by Gasteiger charge is 2.23. The van der Waals surface area contributed by atoms with Crippen molar-refractivity contribution in [3.63, 3.8) is 0 Å². The van der Waals surface area contributed by atoms with Crippen LogP contribution in [0.5, 0.6) is 0 Å². The summed E-state index contributed by atoms with van der Waals surface area (Å²) in [5.41, 5.74) is -0.460. The number of rotatable bonds is 5. The van der Waals surface area contributed by atoms with Gasteiger partial charge in [0.15, 0.2) is 0 Å². The van der Waals surface area contributed by atoms with E-state index in [1.165, 1.54) is 24.3 Å². The first kappa shape index (κ1) is 17.4. The number of carbonyl (C=O) groups is 2. The summed E-state index contributed by atoms with van der Waals surface area (Å²) in [5.74, 6) is -2.17. The summed E-state index contributed by atoms with van der Waals surface area (Å²) >= 11 is 0. The number of hydrogen-bond donors (Lipinski definition) is 2. The number of carboxylic acid groups (broad SMARTS) is 1. The van der Waals surface area contributed by atoms with Gasteiger partial charge in [-0.15, -0.1) is 0 Å². The Bertz CT molecular complexity index is 562. The molecular weight excluding hydrogens is 292 g/mol. The van der Waals surface area contributed by atoms with Crippen LogP contribution in [-0.2, 0) is 9.53 Å². The minimum Gasteiger partial charge on any atom is -0.481 e. The average Bonchev–Trinajstić information content (AvgIpc) is 2.37. The Balaban J connectivity index is 2.76. The highest BCUT2D eigenvalue weighted by atomic mass is 16.6. The van der Waals surface area contributed by atoms with Crippen molar-refractivity contribution in [1.29, 1.82) is 0 Å². The molecule has 0 fully saturated rings. The third kappa shape index (κ3) is 5.39. The first-order valence-corrected chi connectivity index (χ1v) is 6.54. The third-order valence-corrected chi connectivity index (χ3v) is 2.65. The largest absolute Gasteiger partial charge is 0.481 e. The Morgan fingerprint density at radius 3 is 2.27 bits per heavy atom. The molecule has 8 nitrogen and oxygen atoms in total. The average molecular weight is 310 g/mol. The Labute approximate surface area is 127 Å². The molecule has 1 amide bonds. The van der Waals surface area contributed by atoms with E-state index >= 15 is 0 Å². The molecule has 0 aliphatic rings. The predicted octanol–water partition coefficient (Wildman–Crippen LogP) is 2.29. The van der Waals surface area contributed by atoms with Crippen LogP contribution in [0.1, 0.15) is 32.3 Å². The smallest absolute Gasteiger partial charge is 0.407 e. The van der Waals surface area contributed by atoms with Gasteiger partial charge < -0.3 is 15.2 Å². The van der Waals surface area contributed by atoms with Crippen LogP contribution in [0, 0.1) is 10.1 Å². The van der Waals surface area contributed by atoms with Crippen LogP contribution >= 0.6 is 0 Å². The number of amides is 1. The number of nitrogens with one attached hydrogen (secondary N) is 1. The Morgan fingerprint density at radius 2 is 1.86 bits per heavy atom. The monoisotopic (exact) mass is 310 g/mol. The standard InChI is InChI=1S/C14H18N2O6/c1-14(2,3)22-13(19)15-8-11(12(17)18)9-4-6-10(7-5-9)16(20)21/h4-7,11H,8H2,1-3H3,(H,15,19)(H,17,18). The Kier molecular flexibility index (Phi) is 5.44. The molecular formula is C14H18N2O6. The lowest BCUT2D eigenvalue weighted by molar-refractivity contribution is -0.384. The summed E-state index contributed by atoms with van der Waals surface area (Å²) in [5, 5.41) is 22.2. The zero-order valence-electron chi connectivity index (χ0n) is 12.5. The summed E-state index contributed by atoms with van der Waals surface area (Å²) in [6.45, 7) is 4.90. The van der Waals surface area contributed by atoms with Crippen LogP contribution in [0.25, 0.3) is 0 Å². The van der Waals surface area contributed by atoms with Crippen molar-refractivity contribution >= 4 is 17.7 Å². The van der Waals surface area contributed by atoms with Crippen molar-refractivity contribution in [3.8, 4) is 0 Å². The van der Waals surface area contributed by atoms with Gasteiger partial charge in [-0.25, -0.2) is 4.79 Å². The topological polar surface area (TPSA) is 119 Å². The van der Waals surface area contributed by atoms with Crippen molar-refractivity contribution < 1.29 is 24.4 Å². The van der Waals surface area contributed by atoms with Crippen LogP contribution in [0.4, 0.5) is 10.5 Å². The van der Waals surface area contributed by atoms with Crippen LogP contribution in [0.15, 0.2) is 24.3 Å². The molecule has 0 aliphatic carbocycles. The van der Waals surface area contributed by atoms with Gasteiger partial charge in [-0.1, -0.05) is 12.1 Å². The Hall–Kier alpha value is -2.64. The van der Waals surface area contributed by atoms with E-state index in [-0.39, 0.29) is 12.2 Å². The second-order valence-corrected chi connectivity index (χ2v) is 5.62. The van der Waals surface area contributed by atoms with E-state index in [1.807, 2.05) is 0 Å². The SMILES string of the molecule is CC(C)(C)OC(=O)NCC(C(=O)O)c1ccc([N+](=O)[O-])cc1. The zero-order valence-corrected chi connectivity index (χ0v) is 12.5. The number of nitro groups is 1. The molecule has 0 spiro atoms. The number of alkyl carbamates (subject to hydrolysis) is 1. The van der Waals surface area contributed by atoms with Gasteiger partial charge in [0.2, 0.25) is 0 Å². The van der Waals surface area contributed by atoms with E-state index < -0.39 is 28.5 Å². The van der Waals surface area contributed by atoms with Crippen LogP contribution in [0.3, 0.4) is 0 Å². The molecule has 8 heteroatoms. The van der Waals surface area contributed by atoms with Crippen LogP contribution in [-0.4, -0.2) is 34.2 Å². The highest BCUT2D eigenvalue weighted by Crippen LogP contribution is 2.19. The number of non-ortho nitro benzene ring substituents is 1. The summed E-state index contributed by atoms with van der Waals surface area (Å²) in [7, 11) is 0. The molecule has 1 aromatic carbocycles. The number of benzene rings is 1. The van der Waals surface area contributed by atoms with Crippen molar-refractivity contribution in [2.24, 2.45) is 0 Å². The molecule has 1 atom stereocenters. The summed E-state index contributed by atoms with van der Waals surface area (Å²) in [6, 6.07) is 5.15. The van der Waals surface area contributed by atoms with Crippen molar-refractivity contribution in [2.75, 3.05) is 6.54 Å². The quantitative estimate of drug-likeness (QED) is 0.636. The minimum absolute atomic E-state index is 0.131. The maximum Gasteiger partial charge on any atom is 0.407 e. The summed E-state index contributed by atoms with van der Waals surface area (Å²) in [4.78, 5) is 32.8. The molecule has 1 rings (SSSR count). The molecule has 1 aromatic rings. The number of aliphatic carboxylic acids is 1. The van der Waals surface area contributed by atoms with Crippen molar-refractivity contribution in [3.05, 3.63) is 39.9 Å². The number of ether oxygens (including phenoxy) is 1. The molecule has 0 aromatic heterocycles. The number of nitrogens with zero attached hydrogens (tertiary/aromatic N) is 1. The van der Waals surface area contributed by atoms with Crippen LogP contribution in [0.2, 0.25) is 0 Å². The molecule has 1 unspecified atom stereocenters. The fourth-order valence-electron chi connectivity index (χ4n) is 1.68. The van der Waals surface area contributed by atoms with Gasteiger partial charge in [0.25, 0.3) is 5.69 Å². The second kappa shape index (κ2) is 6.88. The minimum atomic E-state index is -1.15. The normalized spacial score (nSPS) is 12.3. The highest BCUT2D eigenvalue weighted by molar-refractivity contribution is 5.77. The van der Waals surface area contributed by atoms with E-state index in [1.54, 1.807) is 20.8 Å². The number of nitro benzene ring substituents is 1. The van der Waals surface area contributed by atoms with E-state index in [0.717, 1.165) is 0 Å². The van der Waals surface area contributed by atoms with E-state index in [9.17, 15) is 24.8 Å². The number of hydrogen-bond acceptors (Lipinski definition) is 5. The number of carbonyl (C=O) groups excluding carboxylic acids is 1. The predicted molar refractivity (Wildman–Crippen MR) is 77.7 cm³/mol. The molecule has 2 N–H and O–H groups in total. The second-order valence-electron chi connectivity index (χ2n) is 5.62. The molecule has 120 valence electrons.